The van der Waals surface area contributed by atoms with Gasteiger partial charge in [0, 0.05) is 29.7 Å². The van der Waals surface area contributed by atoms with E-state index in [2.05, 4.69) is 11.2 Å². The summed E-state index contributed by atoms with van der Waals surface area (Å²) >= 11 is 6.08. The molecule has 4 heteroatoms. The molecular weight excluding hydrogens is 258 g/mol. The summed E-state index contributed by atoms with van der Waals surface area (Å²) in [7, 11) is 1.89. The van der Waals surface area contributed by atoms with E-state index in [1.165, 1.54) is 5.56 Å². The van der Waals surface area contributed by atoms with Crippen LogP contribution in [0.3, 0.4) is 0 Å². The third-order valence-electron chi connectivity index (χ3n) is 3.15. The smallest absolute Gasteiger partial charge is 0.0652 e. The summed E-state index contributed by atoms with van der Waals surface area (Å²) in [6.07, 6.45) is 5.54. The second-order valence-electron chi connectivity index (χ2n) is 4.77. The van der Waals surface area contributed by atoms with Crippen LogP contribution in [0, 0.1) is 17.2 Å². The largest absolute Gasteiger partial charge is 0.275 e. The first kappa shape index (κ1) is 13.6. The summed E-state index contributed by atoms with van der Waals surface area (Å²) in [5.41, 5.74) is 3.37. The summed E-state index contributed by atoms with van der Waals surface area (Å²) in [4.78, 5) is 0. The van der Waals surface area contributed by atoms with Gasteiger partial charge >= 0.3 is 0 Å². The number of hydrogen-bond acceptors (Lipinski definition) is 2. The van der Waals surface area contributed by atoms with Gasteiger partial charge in [0.05, 0.1) is 12.3 Å². The molecule has 0 unspecified atom stereocenters. The number of benzene rings is 1. The molecule has 1 heterocycles. The minimum atomic E-state index is 0.0671. The Kier molecular flexibility index (Phi) is 4.24. The maximum atomic E-state index is 8.86. The summed E-state index contributed by atoms with van der Waals surface area (Å²) in [6, 6.07) is 8.16. The fraction of sp³-hybridized carbons (Fsp3) is 0.333. The van der Waals surface area contributed by atoms with Gasteiger partial charge in [-0.25, -0.2) is 0 Å². The highest BCUT2D eigenvalue weighted by molar-refractivity contribution is 6.30. The first-order valence-corrected chi connectivity index (χ1v) is 6.65. The van der Waals surface area contributed by atoms with Crippen LogP contribution >= 0.6 is 11.6 Å². The Morgan fingerprint density at radius 2 is 2.26 bits per heavy atom. The quantitative estimate of drug-likeness (QED) is 0.849. The fourth-order valence-corrected chi connectivity index (χ4v) is 2.20. The summed E-state index contributed by atoms with van der Waals surface area (Å²) in [6.45, 7) is 1.94. The third-order valence-corrected chi connectivity index (χ3v) is 3.39. The van der Waals surface area contributed by atoms with E-state index in [1.807, 2.05) is 44.6 Å². The van der Waals surface area contributed by atoms with Crippen molar-refractivity contribution in [3.8, 4) is 17.2 Å². The van der Waals surface area contributed by atoms with Crippen molar-refractivity contribution in [1.29, 1.82) is 5.26 Å². The number of nitriles is 1. The number of aromatic nitrogens is 2. The maximum absolute atomic E-state index is 8.86. The molecule has 98 valence electrons. The molecule has 0 spiro atoms. The highest BCUT2D eigenvalue weighted by Crippen LogP contribution is 2.28. The lowest BCUT2D eigenvalue weighted by atomic mass is 9.95. The summed E-state index contributed by atoms with van der Waals surface area (Å²) in [5.74, 6) is 0.0671. The Morgan fingerprint density at radius 3 is 2.89 bits per heavy atom. The summed E-state index contributed by atoms with van der Waals surface area (Å²) < 4.78 is 1.78. The molecule has 2 rings (SSSR count). The minimum Gasteiger partial charge on any atom is -0.275 e. The van der Waals surface area contributed by atoms with Crippen molar-refractivity contribution in [2.75, 3.05) is 0 Å². The van der Waals surface area contributed by atoms with Crippen LogP contribution in [0.2, 0.25) is 5.02 Å². The molecule has 0 saturated carbocycles. The Hall–Kier alpha value is -1.79. The fourth-order valence-electron chi connectivity index (χ4n) is 2.03. The number of nitrogens with zero attached hydrogens (tertiary/aromatic N) is 3. The molecule has 0 fully saturated rings. The van der Waals surface area contributed by atoms with E-state index in [1.54, 1.807) is 4.68 Å². The zero-order valence-electron chi connectivity index (χ0n) is 11.1. The van der Waals surface area contributed by atoms with E-state index in [-0.39, 0.29) is 5.92 Å². The Balaban J connectivity index is 2.31. The number of halogens is 1. The monoisotopic (exact) mass is 273 g/mol. The van der Waals surface area contributed by atoms with Gasteiger partial charge in [-0.3, -0.25) is 4.68 Å². The average Bonchev–Trinajstić information content (AvgIpc) is 2.83. The van der Waals surface area contributed by atoms with E-state index in [4.69, 9.17) is 16.9 Å². The van der Waals surface area contributed by atoms with Crippen LogP contribution in [0.15, 0.2) is 30.6 Å². The predicted molar refractivity (Wildman–Crippen MR) is 76.8 cm³/mol. The van der Waals surface area contributed by atoms with Crippen molar-refractivity contribution >= 4 is 11.6 Å². The molecule has 0 N–H and O–H groups in total. The van der Waals surface area contributed by atoms with Crippen LogP contribution < -0.4 is 0 Å². The molecule has 2 aromatic rings. The van der Waals surface area contributed by atoms with Gasteiger partial charge in [-0.15, -0.1) is 0 Å². The third kappa shape index (κ3) is 3.36. The lowest BCUT2D eigenvalue weighted by Crippen LogP contribution is -1.96. The van der Waals surface area contributed by atoms with E-state index >= 15 is 0 Å². The van der Waals surface area contributed by atoms with Crippen LogP contribution in [-0.4, -0.2) is 9.78 Å². The molecule has 0 aliphatic rings. The normalized spacial score (nSPS) is 12.1. The van der Waals surface area contributed by atoms with Gasteiger partial charge in [0.2, 0.25) is 0 Å². The zero-order valence-corrected chi connectivity index (χ0v) is 11.9. The molecule has 0 aliphatic heterocycles. The minimum absolute atomic E-state index is 0.0671. The van der Waals surface area contributed by atoms with E-state index in [0.29, 0.717) is 0 Å². The van der Waals surface area contributed by atoms with Crippen LogP contribution in [0.5, 0.6) is 0 Å². The van der Waals surface area contributed by atoms with Gasteiger partial charge in [0.15, 0.2) is 0 Å². The van der Waals surface area contributed by atoms with Gasteiger partial charge in [-0.05, 0) is 43.0 Å². The van der Waals surface area contributed by atoms with Gasteiger partial charge in [0.1, 0.15) is 0 Å². The second kappa shape index (κ2) is 5.90. The topological polar surface area (TPSA) is 41.6 Å². The Bertz CT molecular complexity index is 610. The van der Waals surface area contributed by atoms with Crippen LogP contribution in [0.25, 0.3) is 11.1 Å². The van der Waals surface area contributed by atoms with Gasteiger partial charge < -0.3 is 0 Å². The Labute approximate surface area is 118 Å². The molecule has 3 nitrogen and oxygen atoms in total. The van der Waals surface area contributed by atoms with Gasteiger partial charge in [-0.1, -0.05) is 17.7 Å². The van der Waals surface area contributed by atoms with Crippen LogP contribution in [0.4, 0.5) is 0 Å². The highest BCUT2D eigenvalue weighted by atomic mass is 35.5. The van der Waals surface area contributed by atoms with Crippen molar-refractivity contribution in [3.63, 3.8) is 0 Å². The molecule has 1 aromatic carbocycles. The predicted octanol–water partition coefficient (Wildman–Crippen LogP) is 3.83. The van der Waals surface area contributed by atoms with Crippen molar-refractivity contribution in [3.05, 3.63) is 41.2 Å². The number of hydrogen-bond donors (Lipinski definition) is 0. The molecule has 0 saturated heterocycles. The molecule has 19 heavy (non-hydrogen) atoms. The molecule has 0 amide bonds. The highest BCUT2D eigenvalue weighted by Gasteiger charge is 2.09. The molecule has 0 aliphatic carbocycles. The summed E-state index contributed by atoms with van der Waals surface area (Å²) in [5, 5.41) is 13.8. The van der Waals surface area contributed by atoms with Crippen molar-refractivity contribution in [1.82, 2.24) is 9.78 Å². The molecule has 1 aromatic heterocycles. The van der Waals surface area contributed by atoms with Crippen molar-refractivity contribution in [2.24, 2.45) is 13.0 Å². The lowest BCUT2D eigenvalue weighted by Gasteiger charge is -2.09. The molecule has 0 bridgehead atoms. The van der Waals surface area contributed by atoms with Crippen molar-refractivity contribution in [2.45, 2.75) is 19.8 Å². The lowest BCUT2D eigenvalue weighted by molar-refractivity contribution is 0.661. The molecular formula is C15H16ClN3. The van der Waals surface area contributed by atoms with Gasteiger partial charge in [0.25, 0.3) is 0 Å². The zero-order chi connectivity index (χ0) is 13.8. The standard InChI is InChI=1S/C15H16ClN3/c1-11(8-17)3-4-12-5-6-14(16)7-15(12)13-9-18-19(2)10-13/h5-7,9-11H,3-4H2,1-2H3/t11-/m0/s1. The molecule has 0 radical (unpaired) electrons. The molecule has 1 atom stereocenters. The van der Waals surface area contributed by atoms with Crippen molar-refractivity contribution < 1.29 is 0 Å². The second-order valence-corrected chi connectivity index (χ2v) is 5.21. The van der Waals surface area contributed by atoms with Crippen LogP contribution in [0.1, 0.15) is 18.9 Å². The average molecular weight is 274 g/mol. The van der Waals surface area contributed by atoms with E-state index in [9.17, 15) is 0 Å². The first-order chi connectivity index (χ1) is 9.10. The maximum Gasteiger partial charge on any atom is 0.0652 e. The Morgan fingerprint density at radius 1 is 1.47 bits per heavy atom. The number of aryl methyl sites for hydroxylation is 2. The van der Waals surface area contributed by atoms with Crippen LogP contribution in [-0.2, 0) is 13.5 Å². The number of rotatable bonds is 4. The van der Waals surface area contributed by atoms with E-state index < -0.39 is 0 Å². The SMILES string of the molecule is C[C@H](C#N)CCc1ccc(Cl)cc1-c1cnn(C)c1. The van der Waals surface area contributed by atoms with Gasteiger partial charge in [-0.2, -0.15) is 10.4 Å². The van der Waals surface area contributed by atoms with E-state index in [0.717, 1.165) is 29.0 Å². The first-order valence-electron chi connectivity index (χ1n) is 6.27.